The van der Waals surface area contributed by atoms with Crippen LogP contribution in [-0.4, -0.2) is 4.98 Å². The predicted octanol–water partition coefficient (Wildman–Crippen LogP) is 2.41. The third kappa shape index (κ3) is 1.14. The van der Waals surface area contributed by atoms with Crippen LogP contribution in [0.3, 0.4) is 0 Å². The van der Waals surface area contributed by atoms with Crippen molar-refractivity contribution in [3.8, 4) is 0 Å². The largest absolute Gasteiger partial charge is 0.325 e. The van der Waals surface area contributed by atoms with Gasteiger partial charge in [0.2, 0.25) is 0 Å². The number of H-pyrrole nitrogens is 1. The highest BCUT2D eigenvalue weighted by Crippen LogP contribution is 2.24. The standard InChI is InChI=1S/C13H11NO/c1-8-5-6-9-10-3-2-4-12(10)14-13(15)11(9)7-8/h2-3,5-7H,4H2,1H3,(H,14,15). The molecule has 0 unspecified atom stereocenters. The van der Waals surface area contributed by atoms with Crippen LogP contribution in [0.2, 0.25) is 0 Å². The first kappa shape index (κ1) is 8.48. The molecule has 1 N–H and O–H groups in total. The second-order valence-corrected chi connectivity index (χ2v) is 4.00. The van der Waals surface area contributed by atoms with Crippen LogP contribution in [-0.2, 0) is 6.42 Å². The second-order valence-electron chi connectivity index (χ2n) is 4.00. The van der Waals surface area contributed by atoms with Crippen LogP contribution in [0.4, 0.5) is 0 Å². The van der Waals surface area contributed by atoms with Gasteiger partial charge in [0.25, 0.3) is 5.56 Å². The number of allylic oxidation sites excluding steroid dienone is 1. The van der Waals surface area contributed by atoms with E-state index in [4.69, 9.17) is 0 Å². The third-order valence-electron chi connectivity index (χ3n) is 2.91. The van der Waals surface area contributed by atoms with E-state index in [1.807, 2.05) is 25.1 Å². The van der Waals surface area contributed by atoms with Crippen molar-refractivity contribution >= 4 is 16.8 Å². The molecule has 0 amide bonds. The minimum absolute atomic E-state index is 0.0242. The molecular formula is C13H11NO. The first-order valence-corrected chi connectivity index (χ1v) is 5.08. The fourth-order valence-corrected chi connectivity index (χ4v) is 2.16. The SMILES string of the molecule is Cc1ccc2c3c([nH]c(=O)c2c1)CC=C3. The van der Waals surface area contributed by atoms with E-state index in [-0.39, 0.29) is 5.56 Å². The molecule has 0 fully saturated rings. The molecule has 3 rings (SSSR count). The first-order valence-electron chi connectivity index (χ1n) is 5.08. The molecule has 2 nitrogen and oxygen atoms in total. The number of benzene rings is 1. The Morgan fingerprint density at radius 3 is 3.00 bits per heavy atom. The van der Waals surface area contributed by atoms with Crippen molar-refractivity contribution < 1.29 is 0 Å². The lowest BCUT2D eigenvalue weighted by Crippen LogP contribution is -2.10. The van der Waals surface area contributed by atoms with Crippen molar-refractivity contribution in [2.45, 2.75) is 13.3 Å². The predicted molar refractivity (Wildman–Crippen MR) is 62.0 cm³/mol. The molecule has 2 aromatic rings. The summed E-state index contributed by atoms with van der Waals surface area (Å²) in [6, 6.07) is 6.03. The van der Waals surface area contributed by atoms with E-state index in [1.165, 1.54) is 5.56 Å². The summed E-state index contributed by atoms with van der Waals surface area (Å²) in [6.07, 6.45) is 5.01. The first-order chi connectivity index (χ1) is 7.25. The lowest BCUT2D eigenvalue weighted by atomic mass is 10.0. The van der Waals surface area contributed by atoms with Crippen LogP contribution in [0, 0.1) is 6.92 Å². The van der Waals surface area contributed by atoms with Crippen molar-refractivity contribution in [1.29, 1.82) is 0 Å². The van der Waals surface area contributed by atoms with Crippen molar-refractivity contribution in [3.05, 3.63) is 51.4 Å². The van der Waals surface area contributed by atoms with Crippen LogP contribution in [0.15, 0.2) is 29.1 Å². The van der Waals surface area contributed by atoms with E-state index in [0.717, 1.165) is 28.5 Å². The lowest BCUT2D eigenvalue weighted by molar-refractivity contribution is 1.11. The van der Waals surface area contributed by atoms with Gasteiger partial charge in [0, 0.05) is 23.1 Å². The zero-order valence-electron chi connectivity index (χ0n) is 8.50. The summed E-state index contributed by atoms with van der Waals surface area (Å²) in [5.41, 5.74) is 3.35. The Hall–Kier alpha value is -1.83. The molecule has 0 spiro atoms. The molecule has 1 aromatic carbocycles. The number of fused-ring (bicyclic) bond motifs is 3. The monoisotopic (exact) mass is 197 g/mol. The molecular weight excluding hydrogens is 186 g/mol. The summed E-state index contributed by atoms with van der Waals surface area (Å²) in [4.78, 5) is 14.7. The molecule has 0 aliphatic heterocycles. The minimum atomic E-state index is 0.0242. The lowest BCUT2D eigenvalue weighted by Gasteiger charge is -2.04. The Morgan fingerprint density at radius 2 is 2.13 bits per heavy atom. The number of aryl methyl sites for hydroxylation is 1. The van der Waals surface area contributed by atoms with Gasteiger partial charge in [-0.05, 0) is 18.4 Å². The number of pyridine rings is 1. The van der Waals surface area contributed by atoms with Crippen molar-refractivity contribution in [1.82, 2.24) is 4.98 Å². The summed E-state index contributed by atoms with van der Waals surface area (Å²) >= 11 is 0. The summed E-state index contributed by atoms with van der Waals surface area (Å²) in [5, 5.41) is 1.86. The average Bonchev–Trinajstić information content (AvgIpc) is 2.66. The molecule has 0 saturated heterocycles. The Labute approximate surface area is 87.3 Å². The highest BCUT2D eigenvalue weighted by atomic mass is 16.1. The van der Waals surface area contributed by atoms with E-state index in [9.17, 15) is 4.79 Å². The topological polar surface area (TPSA) is 32.9 Å². The molecule has 1 aliphatic carbocycles. The summed E-state index contributed by atoms with van der Waals surface area (Å²) < 4.78 is 0. The molecule has 0 saturated carbocycles. The Kier molecular flexibility index (Phi) is 1.60. The normalized spacial score (nSPS) is 13.4. The highest BCUT2D eigenvalue weighted by molar-refractivity contribution is 5.92. The van der Waals surface area contributed by atoms with Gasteiger partial charge in [-0.25, -0.2) is 0 Å². The molecule has 2 heteroatoms. The Balaban J connectivity index is 2.54. The molecule has 74 valence electrons. The number of rotatable bonds is 0. The molecule has 0 radical (unpaired) electrons. The maximum atomic E-state index is 11.8. The maximum absolute atomic E-state index is 11.8. The van der Waals surface area contributed by atoms with Gasteiger partial charge in [-0.3, -0.25) is 4.79 Å². The van der Waals surface area contributed by atoms with Gasteiger partial charge < -0.3 is 4.98 Å². The highest BCUT2D eigenvalue weighted by Gasteiger charge is 2.11. The molecule has 0 bridgehead atoms. The van der Waals surface area contributed by atoms with Gasteiger partial charge in [0.15, 0.2) is 0 Å². The summed E-state index contributed by atoms with van der Waals surface area (Å²) in [5.74, 6) is 0. The van der Waals surface area contributed by atoms with Gasteiger partial charge in [-0.2, -0.15) is 0 Å². The van der Waals surface area contributed by atoms with Crippen molar-refractivity contribution in [3.63, 3.8) is 0 Å². The van der Waals surface area contributed by atoms with E-state index in [1.54, 1.807) is 0 Å². The average molecular weight is 197 g/mol. The van der Waals surface area contributed by atoms with E-state index in [2.05, 4.69) is 17.1 Å². The quantitative estimate of drug-likeness (QED) is 0.691. The number of hydrogen-bond acceptors (Lipinski definition) is 1. The van der Waals surface area contributed by atoms with E-state index >= 15 is 0 Å². The van der Waals surface area contributed by atoms with Crippen LogP contribution in [0.5, 0.6) is 0 Å². The van der Waals surface area contributed by atoms with E-state index < -0.39 is 0 Å². The van der Waals surface area contributed by atoms with Gasteiger partial charge in [-0.15, -0.1) is 0 Å². The number of nitrogens with one attached hydrogen (secondary N) is 1. The minimum Gasteiger partial charge on any atom is -0.325 e. The van der Waals surface area contributed by atoms with Gasteiger partial charge in [0.05, 0.1) is 0 Å². The van der Waals surface area contributed by atoms with Crippen LogP contribution < -0.4 is 5.56 Å². The van der Waals surface area contributed by atoms with Crippen LogP contribution in [0.1, 0.15) is 16.8 Å². The molecule has 1 heterocycles. The summed E-state index contributed by atoms with van der Waals surface area (Å²) in [6.45, 7) is 2.00. The van der Waals surface area contributed by atoms with Crippen LogP contribution >= 0.6 is 0 Å². The Bertz CT molecular complexity index is 635. The van der Waals surface area contributed by atoms with Crippen molar-refractivity contribution in [2.24, 2.45) is 0 Å². The smallest absolute Gasteiger partial charge is 0.256 e. The van der Waals surface area contributed by atoms with Gasteiger partial charge >= 0.3 is 0 Å². The zero-order chi connectivity index (χ0) is 10.4. The molecule has 1 aliphatic rings. The second kappa shape index (κ2) is 2.83. The van der Waals surface area contributed by atoms with Crippen LogP contribution in [0.25, 0.3) is 16.8 Å². The maximum Gasteiger partial charge on any atom is 0.256 e. The zero-order valence-corrected chi connectivity index (χ0v) is 8.50. The molecule has 1 aromatic heterocycles. The van der Waals surface area contributed by atoms with Gasteiger partial charge in [0.1, 0.15) is 0 Å². The Morgan fingerprint density at radius 1 is 1.27 bits per heavy atom. The van der Waals surface area contributed by atoms with Gasteiger partial charge in [-0.1, -0.05) is 29.8 Å². The molecule has 0 atom stereocenters. The third-order valence-corrected chi connectivity index (χ3v) is 2.91. The molecule has 15 heavy (non-hydrogen) atoms. The van der Waals surface area contributed by atoms with E-state index in [0.29, 0.717) is 0 Å². The number of hydrogen-bond donors (Lipinski definition) is 1. The summed E-state index contributed by atoms with van der Waals surface area (Å²) in [7, 11) is 0. The number of aromatic nitrogens is 1. The van der Waals surface area contributed by atoms with Crippen molar-refractivity contribution in [2.75, 3.05) is 0 Å². The fraction of sp³-hybridized carbons (Fsp3) is 0.154. The fourth-order valence-electron chi connectivity index (χ4n) is 2.16. The number of aromatic amines is 1.